The topological polar surface area (TPSA) is 21.3 Å². The molecule has 0 saturated heterocycles. The van der Waals surface area contributed by atoms with E-state index in [-0.39, 0.29) is 0 Å². The van der Waals surface area contributed by atoms with Gasteiger partial charge >= 0.3 is 0 Å². The van der Waals surface area contributed by atoms with Crippen molar-refractivity contribution in [3.05, 3.63) is 0 Å². The summed E-state index contributed by atoms with van der Waals surface area (Å²) in [5, 5.41) is 3.16. The Balaban J connectivity index is 2.86. The average molecular weight is 117 g/mol. The van der Waals surface area contributed by atoms with E-state index in [1.807, 2.05) is 0 Å². The number of hydrogen-bond acceptors (Lipinski definition) is 2. The molecule has 1 unspecified atom stereocenters. The van der Waals surface area contributed by atoms with Crippen LogP contribution in [0.25, 0.3) is 0 Å². The fourth-order valence-electron chi connectivity index (χ4n) is 0.370. The van der Waals surface area contributed by atoms with E-state index in [4.69, 9.17) is 4.74 Å². The van der Waals surface area contributed by atoms with E-state index in [0.29, 0.717) is 12.8 Å². The van der Waals surface area contributed by atoms with E-state index in [0.717, 1.165) is 6.42 Å². The maximum Gasteiger partial charge on any atom is 0.0963 e. The van der Waals surface area contributed by atoms with Crippen LogP contribution >= 0.6 is 0 Å². The van der Waals surface area contributed by atoms with Gasteiger partial charge in [-0.15, -0.1) is 0 Å². The van der Waals surface area contributed by atoms with E-state index < -0.39 is 0 Å². The first-order valence-electron chi connectivity index (χ1n) is 3.03. The summed E-state index contributed by atoms with van der Waals surface area (Å²) in [4.78, 5) is 0. The van der Waals surface area contributed by atoms with Gasteiger partial charge in [-0.05, 0) is 13.3 Å². The lowest BCUT2D eigenvalue weighted by atomic mass is 10.3. The quantitative estimate of drug-likeness (QED) is 0.554. The number of methoxy groups -OCH3 is 1. The van der Waals surface area contributed by atoms with E-state index >= 15 is 0 Å². The van der Waals surface area contributed by atoms with E-state index in [9.17, 15) is 0 Å². The molecule has 0 aromatic carbocycles. The summed E-state index contributed by atoms with van der Waals surface area (Å²) in [7, 11) is 1.69. The minimum absolute atomic E-state index is 0.579. The van der Waals surface area contributed by atoms with Crippen molar-refractivity contribution in [1.82, 2.24) is 5.32 Å². The predicted octanol–water partition coefficient (Wildman–Crippen LogP) is 0.978. The fourth-order valence-corrected chi connectivity index (χ4v) is 0.370. The Labute approximate surface area is 51.2 Å². The minimum Gasteiger partial charge on any atom is -0.370 e. The van der Waals surface area contributed by atoms with Gasteiger partial charge in [-0.1, -0.05) is 6.92 Å². The second-order valence-corrected chi connectivity index (χ2v) is 1.95. The Morgan fingerprint density at radius 3 is 2.62 bits per heavy atom. The maximum atomic E-state index is 4.80. The van der Waals surface area contributed by atoms with E-state index in [1.54, 1.807) is 7.11 Å². The molecule has 0 aliphatic carbocycles. The molecule has 0 aromatic heterocycles. The van der Waals surface area contributed by atoms with Crippen molar-refractivity contribution in [2.75, 3.05) is 13.8 Å². The molecular weight excluding hydrogens is 102 g/mol. The van der Waals surface area contributed by atoms with Crippen LogP contribution in [0.15, 0.2) is 0 Å². The van der Waals surface area contributed by atoms with Gasteiger partial charge in [-0.2, -0.15) is 0 Å². The molecular formula is C6H15NO. The zero-order valence-electron chi connectivity index (χ0n) is 5.90. The van der Waals surface area contributed by atoms with Crippen LogP contribution in [0.3, 0.4) is 0 Å². The fraction of sp³-hybridized carbons (Fsp3) is 1.00. The molecule has 1 N–H and O–H groups in total. The Morgan fingerprint density at radius 2 is 2.25 bits per heavy atom. The van der Waals surface area contributed by atoms with Crippen molar-refractivity contribution in [3.8, 4) is 0 Å². The number of hydrogen-bond donors (Lipinski definition) is 1. The highest BCUT2D eigenvalue weighted by molar-refractivity contribution is 4.51. The lowest BCUT2D eigenvalue weighted by Gasteiger charge is -2.08. The van der Waals surface area contributed by atoms with E-state index in [2.05, 4.69) is 19.2 Å². The Morgan fingerprint density at radius 1 is 1.62 bits per heavy atom. The summed E-state index contributed by atoms with van der Waals surface area (Å²) in [5.41, 5.74) is 0. The van der Waals surface area contributed by atoms with Crippen molar-refractivity contribution in [2.24, 2.45) is 0 Å². The second-order valence-electron chi connectivity index (χ2n) is 1.95. The second kappa shape index (κ2) is 5.06. The number of ether oxygens (including phenoxy) is 1. The van der Waals surface area contributed by atoms with Gasteiger partial charge in [-0.25, -0.2) is 0 Å². The van der Waals surface area contributed by atoms with Gasteiger partial charge in [0, 0.05) is 13.2 Å². The first-order chi connectivity index (χ1) is 3.81. The maximum absolute atomic E-state index is 4.80. The van der Waals surface area contributed by atoms with Crippen LogP contribution in [0.1, 0.15) is 20.3 Å². The monoisotopic (exact) mass is 117 g/mol. The molecule has 0 amide bonds. The summed E-state index contributed by atoms with van der Waals surface area (Å²) in [5.74, 6) is 0. The third-order valence-corrected chi connectivity index (χ3v) is 1.19. The Hall–Kier alpha value is -0.0800. The Kier molecular flexibility index (Phi) is 5.01. The summed E-state index contributed by atoms with van der Waals surface area (Å²) >= 11 is 0. The minimum atomic E-state index is 0.579. The molecule has 0 rings (SSSR count). The normalized spacial score (nSPS) is 13.9. The van der Waals surface area contributed by atoms with Crippen molar-refractivity contribution < 1.29 is 4.74 Å². The zero-order chi connectivity index (χ0) is 6.41. The molecule has 0 radical (unpaired) electrons. The molecule has 0 aliphatic heterocycles. The molecule has 0 spiro atoms. The summed E-state index contributed by atoms with van der Waals surface area (Å²) in [6.07, 6.45) is 1.16. The number of rotatable bonds is 4. The van der Waals surface area contributed by atoms with Crippen molar-refractivity contribution in [3.63, 3.8) is 0 Å². The molecule has 0 saturated carbocycles. The standard InChI is InChI=1S/C6H15NO/c1-4-6(2)7-5-8-3/h6-7H,4-5H2,1-3H3. The van der Waals surface area contributed by atoms with Gasteiger partial charge < -0.3 is 4.74 Å². The molecule has 50 valence electrons. The lowest BCUT2D eigenvalue weighted by Crippen LogP contribution is -2.26. The van der Waals surface area contributed by atoms with Gasteiger partial charge in [0.15, 0.2) is 0 Å². The molecule has 0 aliphatic rings. The molecule has 2 nitrogen and oxygen atoms in total. The highest BCUT2D eigenvalue weighted by atomic mass is 16.5. The largest absolute Gasteiger partial charge is 0.370 e. The molecule has 0 aromatic rings. The van der Waals surface area contributed by atoms with Crippen LogP contribution in [0.4, 0.5) is 0 Å². The molecule has 2 heteroatoms. The SMILES string of the molecule is CCC(C)NCOC. The van der Waals surface area contributed by atoms with Crippen LogP contribution in [0.2, 0.25) is 0 Å². The van der Waals surface area contributed by atoms with Crippen LogP contribution in [0, 0.1) is 0 Å². The highest BCUT2D eigenvalue weighted by Gasteiger charge is 1.92. The third kappa shape index (κ3) is 4.09. The van der Waals surface area contributed by atoms with Gasteiger partial charge in [0.1, 0.15) is 0 Å². The number of nitrogens with one attached hydrogen (secondary N) is 1. The van der Waals surface area contributed by atoms with Crippen molar-refractivity contribution in [2.45, 2.75) is 26.3 Å². The smallest absolute Gasteiger partial charge is 0.0963 e. The van der Waals surface area contributed by atoms with Crippen LogP contribution in [-0.2, 0) is 4.74 Å². The molecule has 0 fully saturated rings. The molecule has 8 heavy (non-hydrogen) atoms. The summed E-state index contributed by atoms with van der Waals surface area (Å²) < 4.78 is 4.80. The summed E-state index contributed by atoms with van der Waals surface area (Å²) in [6, 6.07) is 0.579. The van der Waals surface area contributed by atoms with Crippen molar-refractivity contribution >= 4 is 0 Å². The predicted molar refractivity (Wildman–Crippen MR) is 34.8 cm³/mol. The first kappa shape index (κ1) is 7.92. The molecule has 1 atom stereocenters. The van der Waals surface area contributed by atoms with Crippen LogP contribution < -0.4 is 5.32 Å². The summed E-state index contributed by atoms with van der Waals surface area (Å²) in [6.45, 7) is 4.95. The lowest BCUT2D eigenvalue weighted by molar-refractivity contribution is 0.165. The van der Waals surface area contributed by atoms with Gasteiger partial charge in [-0.3, -0.25) is 5.32 Å². The first-order valence-corrected chi connectivity index (χ1v) is 3.03. The van der Waals surface area contributed by atoms with Gasteiger partial charge in [0.05, 0.1) is 6.73 Å². The van der Waals surface area contributed by atoms with Gasteiger partial charge in [0.25, 0.3) is 0 Å². The Bertz CT molecular complexity index is 47.8. The van der Waals surface area contributed by atoms with Gasteiger partial charge in [0.2, 0.25) is 0 Å². The van der Waals surface area contributed by atoms with E-state index in [1.165, 1.54) is 0 Å². The molecule has 0 heterocycles. The zero-order valence-corrected chi connectivity index (χ0v) is 5.90. The van der Waals surface area contributed by atoms with Crippen molar-refractivity contribution in [1.29, 1.82) is 0 Å². The highest BCUT2D eigenvalue weighted by Crippen LogP contribution is 1.84. The average Bonchev–Trinajstić information content (AvgIpc) is 1.83. The third-order valence-electron chi connectivity index (χ3n) is 1.19. The van der Waals surface area contributed by atoms with Crippen LogP contribution in [0.5, 0.6) is 0 Å². The molecule has 0 bridgehead atoms. The van der Waals surface area contributed by atoms with Crippen LogP contribution in [-0.4, -0.2) is 19.9 Å².